The summed E-state index contributed by atoms with van der Waals surface area (Å²) in [5.74, 6) is -1.01. The molecule has 1 rings (SSSR count). The van der Waals surface area contributed by atoms with E-state index in [-0.39, 0.29) is 12.2 Å². The van der Waals surface area contributed by atoms with Gasteiger partial charge < -0.3 is 9.84 Å². The molecule has 0 heterocycles. The third-order valence-electron chi connectivity index (χ3n) is 2.19. The maximum absolute atomic E-state index is 12.8. The number of carbonyl (C=O) groups excluding carboxylic acids is 1. The van der Waals surface area contributed by atoms with Gasteiger partial charge >= 0.3 is 5.97 Å². The number of aryl methyl sites for hydroxylation is 1. The summed E-state index contributed by atoms with van der Waals surface area (Å²) in [5, 5.41) is 9.40. The van der Waals surface area contributed by atoms with E-state index in [0.29, 0.717) is 5.56 Å². The molecule has 4 heteroatoms. The number of aliphatic hydroxyl groups excluding tert-OH is 1. The van der Waals surface area contributed by atoms with E-state index in [0.717, 1.165) is 5.56 Å². The molecule has 0 amide bonds. The number of ether oxygens (including phenoxy) is 1. The van der Waals surface area contributed by atoms with Crippen LogP contribution in [-0.2, 0) is 16.0 Å². The predicted octanol–water partition coefficient (Wildman–Crippen LogP) is 1.21. The van der Waals surface area contributed by atoms with E-state index in [1.165, 1.54) is 19.2 Å². The van der Waals surface area contributed by atoms with E-state index in [2.05, 4.69) is 4.74 Å². The monoisotopic (exact) mass is 212 g/mol. The van der Waals surface area contributed by atoms with Crippen molar-refractivity contribution in [3.05, 3.63) is 35.1 Å². The van der Waals surface area contributed by atoms with Crippen LogP contribution in [0, 0.1) is 12.7 Å². The second-order valence-electron chi connectivity index (χ2n) is 3.31. The molecule has 3 nitrogen and oxygen atoms in total. The zero-order valence-corrected chi connectivity index (χ0v) is 8.66. The smallest absolute Gasteiger partial charge is 0.335 e. The van der Waals surface area contributed by atoms with Crippen LogP contribution in [-0.4, -0.2) is 24.3 Å². The van der Waals surface area contributed by atoms with Gasteiger partial charge in [-0.2, -0.15) is 0 Å². The Hall–Kier alpha value is -1.42. The Morgan fingerprint density at radius 2 is 2.27 bits per heavy atom. The van der Waals surface area contributed by atoms with Gasteiger partial charge in [0.1, 0.15) is 5.82 Å². The lowest BCUT2D eigenvalue weighted by Crippen LogP contribution is -2.24. The van der Waals surface area contributed by atoms with Crippen LogP contribution in [0.4, 0.5) is 4.39 Å². The van der Waals surface area contributed by atoms with Crippen molar-refractivity contribution in [2.45, 2.75) is 19.4 Å². The summed E-state index contributed by atoms with van der Waals surface area (Å²) < 4.78 is 17.1. The molecule has 0 saturated heterocycles. The number of benzene rings is 1. The summed E-state index contributed by atoms with van der Waals surface area (Å²) in [7, 11) is 1.21. The molecule has 15 heavy (non-hydrogen) atoms. The highest BCUT2D eigenvalue weighted by Gasteiger charge is 2.16. The van der Waals surface area contributed by atoms with Gasteiger partial charge in [0.25, 0.3) is 0 Å². The largest absolute Gasteiger partial charge is 0.467 e. The van der Waals surface area contributed by atoms with E-state index < -0.39 is 12.1 Å². The topological polar surface area (TPSA) is 46.5 Å². The first-order valence-corrected chi connectivity index (χ1v) is 4.55. The van der Waals surface area contributed by atoms with Gasteiger partial charge in [-0.05, 0) is 30.2 Å². The minimum absolute atomic E-state index is 0.138. The molecule has 0 aliphatic carbocycles. The van der Waals surface area contributed by atoms with Gasteiger partial charge in [-0.25, -0.2) is 9.18 Å². The molecule has 1 aromatic rings. The number of rotatable bonds is 3. The Kier molecular flexibility index (Phi) is 3.80. The van der Waals surface area contributed by atoms with Gasteiger partial charge in [0, 0.05) is 6.42 Å². The first-order valence-electron chi connectivity index (χ1n) is 4.55. The molecular formula is C11H13FO3. The molecule has 0 spiro atoms. The summed E-state index contributed by atoms with van der Waals surface area (Å²) in [4.78, 5) is 10.9. The molecule has 0 fully saturated rings. The highest BCUT2D eigenvalue weighted by molar-refractivity contribution is 5.74. The summed E-state index contributed by atoms with van der Waals surface area (Å²) >= 11 is 0. The van der Waals surface area contributed by atoms with Crippen molar-refractivity contribution in [3.8, 4) is 0 Å². The predicted molar refractivity (Wildman–Crippen MR) is 52.9 cm³/mol. The van der Waals surface area contributed by atoms with Gasteiger partial charge in [0.15, 0.2) is 6.10 Å². The van der Waals surface area contributed by atoms with E-state index in [9.17, 15) is 14.3 Å². The van der Waals surface area contributed by atoms with Crippen LogP contribution in [0.25, 0.3) is 0 Å². The molecule has 1 N–H and O–H groups in total. The summed E-state index contributed by atoms with van der Waals surface area (Å²) in [6.45, 7) is 1.72. The fourth-order valence-electron chi connectivity index (χ4n) is 1.32. The number of carbonyl (C=O) groups is 1. The standard InChI is InChI=1S/C11H13FO3/c1-7-5-9(12)4-3-8(7)6-10(13)11(14)15-2/h3-5,10,13H,6H2,1-2H3. The highest BCUT2D eigenvalue weighted by Crippen LogP contribution is 2.12. The van der Waals surface area contributed by atoms with Crippen molar-refractivity contribution in [2.24, 2.45) is 0 Å². The normalized spacial score (nSPS) is 12.3. The molecule has 0 saturated carbocycles. The van der Waals surface area contributed by atoms with Crippen LogP contribution in [0.1, 0.15) is 11.1 Å². The number of hydrogen-bond donors (Lipinski definition) is 1. The van der Waals surface area contributed by atoms with Crippen molar-refractivity contribution >= 4 is 5.97 Å². The molecule has 82 valence electrons. The lowest BCUT2D eigenvalue weighted by atomic mass is 10.0. The van der Waals surface area contributed by atoms with E-state index in [4.69, 9.17) is 0 Å². The first-order chi connectivity index (χ1) is 7.04. The molecule has 1 aromatic carbocycles. The number of hydrogen-bond acceptors (Lipinski definition) is 3. The molecule has 0 aromatic heterocycles. The Balaban J connectivity index is 2.76. The van der Waals surface area contributed by atoms with Crippen LogP contribution in [0.3, 0.4) is 0 Å². The lowest BCUT2D eigenvalue weighted by Gasteiger charge is -2.10. The van der Waals surface area contributed by atoms with Crippen molar-refractivity contribution in [1.29, 1.82) is 0 Å². The average Bonchev–Trinajstić information content (AvgIpc) is 2.20. The third-order valence-corrected chi connectivity index (χ3v) is 2.19. The van der Waals surface area contributed by atoms with Gasteiger partial charge in [-0.15, -0.1) is 0 Å². The van der Waals surface area contributed by atoms with Gasteiger partial charge in [-0.1, -0.05) is 6.07 Å². The van der Waals surface area contributed by atoms with E-state index >= 15 is 0 Å². The van der Waals surface area contributed by atoms with Crippen LogP contribution < -0.4 is 0 Å². The Labute approximate surface area is 87.5 Å². The SMILES string of the molecule is COC(=O)C(O)Cc1ccc(F)cc1C. The maximum atomic E-state index is 12.8. The van der Waals surface area contributed by atoms with Crippen LogP contribution in [0.2, 0.25) is 0 Å². The van der Waals surface area contributed by atoms with Gasteiger partial charge in [0.05, 0.1) is 7.11 Å². The highest BCUT2D eigenvalue weighted by atomic mass is 19.1. The Morgan fingerprint density at radius 1 is 1.60 bits per heavy atom. The molecule has 0 aliphatic rings. The number of methoxy groups -OCH3 is 1. The number of esters is 1. The third kappa shape index (κ3) is 3.02. The van der Waals surface area contributed by atoms with Crippen LogP contribution in [0.5, 0.6) is 0 Å². The number of halogens is 1. The second kappa shape index (κ2) is 4.89. The fraction of sp³-hybridized carbons (Fsp3) is 0.364. The summed E-state index contributed by atoms with van der Waals surface area (Å²) in [6.07, 6.45) is -1.06. The Morgan fingerprint density at radius 3 is 2.80 bits per heavy atom. The molecule has 0 radical (unpaired) electrons. The van der Waals surface area contributed by atoms with Crippen LogP contribution >= 0.6 is 0 Å². The lowest BCUT2D eigenvalue weighted by molar-refractivity contribution is -0.150. The number of aliphatic hydroxyl groups is 1. The molecule has 1 unspecified atom stereocenters. The van der Waals surface area contributed by atoms with Crippen molar-refractivity contribution in [1.82, 2.24) is 0 Å². The summed E-state index contributed by atoms with van der Waals surface area (Å²) in [6, 6.07) is 4.21. The molecule has 0 aliphatic heterocycles. The first kappa shape index (κ1) is 11.7. The average molecular weight is 212 g/mol. The van der Waals surface area contributed by atoms with Crippen molar-refractivity contribution < 1.29 is 19.0 Å². The quantitative estimate of drug-likeness (QED) is 0.766. The second-order valence-corrected chi connectivity index (χ2v) is 3.31. The zero-order valence-electron chi connectivity index (χ0n) is 8.66. The van der Waals surface area contributed by atoms with Crippen molar-refractivity contribution in [3.63, 3.8) is 0 Å². The van der Waals surface area contributed by atoms with Crippen LogP contribution in [0.15, 0.2) is 18.2 Å². The zero-order chi connectivity index (χ0) is 11.4. The van der Waals surface area contributed by atoms with Gasteiger partial charge in [-0.3, -0.25) is 0 Å². The summed E-state index contributed by atoms with van der Waals surface area (Å²) in [5.41, 5.74) is 1.44. The molecular weight excluding hydrogens is 199 g/mol. The fourth-order valence-corrected chi connectivity index (χ4v) is 1.32. The van der Waals surface area contributed by atoms with E-state index in [1.54, 1.807) is 13.0 Å². The van der Waals surface area contributed by atoms with Crippen molar-refractivity contribution in [2.75, 3.05) is 7.11 Å². The van der Waals surface area contributed by atoms with E-state index in [1.807, 2.05) is 0 Å². The minimum atomic E-state index is -1.20. The van der Waals surface area contributed by atoms with Gasteiger partial charge in [0.2, 0.25) is 0 Å². The molecule has 0 bridgehead atoms. The maximum Gasteiger partial charge on any atom is 0.335 e. The molecule has 1 atom stereocenters. The minimum Gasteiger partial charge on any atom is -0.467 e. The Bertz CT molecular complexity index is 363.